The fourth-order valence-corrected chi connectivity index (χ4v) is 2.93. The number of aliphatic carboxylic acids is 1. The maximum atomic E-state index is 11.9. The van der Waals surface area contributed by atoms with Crippen LogP contribution < -0.4 is 5.32 Å². The topological polar surface area (TPSA) is 88.5 Å². The smallest absolute Gasteiger partial charge is 0.408 e. The number of ether oxygens (including phenoxy) is 1. The molecule has 1 aliphatic carbocycles. The maximum Gasteiger partial charge on any atom is 0.408 e. The third-order valence-corrected chi connectivity index (χ3v) is 3.79. The van der Waals surface area contributed by atoms with Crippen molar-refractivity contribution in [3.8, 4) is 0 Å². The molecule has 110 valence electrons. The summed E-state index contributed by atoms with van der Waals surface area (Å²) in [5.74, 6) is -1.30. The summed E-state index contributed by atoms with van der Waals surface area (Å²) < 4.78 is 5.24. The molecule has 1 aromatic heterocycles. The van der Waals surface area contributed by atoms with E-state index in [0.717, 1.165) is 0 Å². The number of aromatic nitrogens is 1. The van der Waals surface area contributed by atoms with Crippen molar-refractivity contribution >= 4 is 23.4 Å². The van der Waals surface area contributed by atoms with Gasteiger partial charge >= 0.3 is 12.1 Å². The predicted molar refractivity (Wildman–Crippen MR) is 73.5 cm³/mol. The van der Waals surface area contributed by atoms with E-state index in [1.54, 1.807) is 26.3 Å². The molecule has 2 N–H and O–H groups in total. The quantitative estimate of drug-likeness (QED) is 0.894. The van der Waals surface area contributed by atoms with Gasteiger partial charge in [0.05, 0.1) is 22.7 Å². The van der Waals surface area contributed by atoms with Gasteiger partial charge in [-0.3, -0.25) is 4.79 Å². The minimum absolute atomic E-state index is 0.339. The number of alkyl carbamates (subject to hydrolysis) is 1. The molecule has 1 amide bonds. The SMILES string of the molecule is CC(C)(C)OC(=O)NC1(c2cscn2)CC(C(=O)O)C1. The van der Waals surface area contributed by atoms with E-state index in [-0.39, 0.29) is 0 Å². The first-order valence-electron chi connectivity index (χ1n) is 6.34. The zero-order valence-corrected chi connectivity index (χ0v) is 12.5. The van der Waals surface area contributed by atoms with Gasteiger partial charge in [0.1, 0.15) is 5.60 Å². The summed E-state index contributed by atoms with van der Waals surface area (Å²) in [5, 5.41) is 13.6. The van der Waals surface area contributed by atoms with Gasteiger partial charge in [-0.1, -0.05) is 0 Å². The number of nitrogens with zero attached hydrogens (tertiary/aromatic N) is 1. The predicted octanol–water partition coefficient (Wildman–Crippen LogP) is 2.36. The number of hydrogen-bond acceptors (Lipinski definition) is 5. The highest BCUT2D eigenvalue weighted by Gasteiger charge is 2.51. The van der Waals surface area contributed by atoms with E-state index in [2.05, 4.69) is 10.3 Å². The Kier molecular flexibility index (Phi) is 3.73. The number of thiazole rings is 1. The average molecular weight is 298 g/mol. The highest BCUT2D eigenvalue weighted by molar-refractivity contribution is 7.07. The Morgan fingerprint density at radius 2 is 2.15 bits per heavy atom. The number of nitrogens with one attached hydrogen (secondary N) is 1. The zero-order valence-electron chi connectivity index (χ0n) is 11.7. The van der Waals surface area contributed by atoms with E-state index in [1.807, 2.05) is 5.38 Å². The summed E-state index contributed by atoms with van der Waals surface area (Å²) in [6.07, 6.45) is 0.130. The van der Waals surface area contributed by atoms with E-state index in [1.165, 1.54) is 11.3 Å². The fraction of sp³-hybridized carbons (Fsp3) is 0.615. The van der Waals surface area contributed by atoms with Crippen LogP contribution in [0.2, 0.25) is 0 Å². The van der Waals surface area contributed by atoms with Crippen LogP contribution in [0, 0.1) is 5.92 Å². The lowest BCUT2D eigenvalue weighted by Crippen LogP contribution is -2.57. The largest absolute Gasteiger partial charge is 0.481 e. The van der Waals surface area contributed by atoms with Gasteiger partial charge in [-0.25, -0.2) is 9.78 Å². The molecule has 0 saturated heterocycles. The standard InChI is InChI=1S/C13H18N2O4S/c1-12(2,3)19-11(18)15-13(9-6-20-7-14-9)4-8(5-13)10(16)17/h6-8H,4-5H2,1-3H3,(H,15,18)(H,16,17). The number of rotatable bonds is 3. The Hall–Kier alpha value is -1.63. The van der Waals surface area contributed by atoms with Gasteiger partial charge in [0.25, 0.3) is 0 Å². The van der Waals surface area contributed by atoms with E-state index in [0.29, 0.717) is 18.5 Å². The second-order valence-electron chi connectivity index (χ2n) is 6.03. The lowest BCUT2D eigenvalue weighted by Gasteiger charge is -2.45. The maximum absolute atomic E-state index is 11.9. The summed E-state index contributed by atoms with van der Waals surface area (Å²) >= 11 is 1.41. The van der Waals surface area contributed by atoms with Crippen LogP contribution in [0.3, 0.4) is 0 Å². The highest BCUT2D eigenvalue weighted by Crippen LogP contribution is 2.45. The van der Waals surface area contributed by atoms with Gasteiger partial charge in [-0.15, -0.1) is 11.3 Å². The van der Waals surface area contributed by atoms with Crippen LogP contribution in [0.4, 0.5) is 4.79 Å². The van der Waals surface area contributed by atoms with Crippen molar-refractivity contribution in [1.82, 2.24) is 10.3 Å². The summed E-state index contributed by atoms with van der Waals surface area (Å²) in [6.45, 7) is 5.34. The second kappa shape index (κ2) is 5.05. The monoisotopic (exact) mass is 298 g/mol. The van der Waals surface area contributed by atoms with E-state index in [9.17, 15) is 9.59 Å². The third kappa shape index (κ3) is 3.09. The van der Waals surface area contributed by atoms with E-state index >= 15 is 0 Å². The zero-order chi connectivity index (χ0) is 15.0. The summed E-state index contributed by atoms with van der Waals surface area (Å²) in [4.78, 5) is 27.1. The van der Waals surface area contributed by atoms with Crippen molar-refractivity contribution in [2.45, 2.75) is 44.8 Å². The molecule has 6 nitrogen and oxygen atoms in total. The molecule has 0 bridgehead atoms. The number of carboxylic acid groups (broad SMARTS) is 1. The number of carbonyl (C=O) groups is 2. The van der Waals surface area contributed by atoms with Crippen molar-refractivity contribution in [2.24, 2.45) is 5.92 Å². The Balaban J connectivity index is 2.10. The molecule has 20 heavy (non-hydrogen) atoms. The van der Waals surface area contributed by atoms with Gasteiger partial charge in [0.15, 0.2) is 0 Å². The molecule has 0 spiro atoms. The minimum Gasteiger partial charge on any atom is -0.481 e. The molecule has 2 rings (SSSR count). The number of amides is 1. The van der Waals surface area contributed by atoms with Gasteiger partial charge in [-0.2, -0.15) is 0 Å². The Labute approximate surface area is 121 Å². The first-order chi connectivity index (χ1) is 9.22. The summed E-state index contributed by atoms with van der Waals surface area (Å²) in [6, 6.07) is 0. The van der Waals surface area contributed by atoms with Crippen molar-refractivity contribution in [1.29, 1.82) is 0 Å². The van der Waals surface area contributed by atoms with Gasteiger partial charge in [-0.05, 0) is 33.6 Å². The minimum atomic E-state index is -0.846. The molecule has 1 aliphatic rings. The molecule has 1 fully saturated rings. The van der Waals surface area contributed by atoms with Crippen molar-refractivity contribution < 1.29 is 19.4 Å². The van der Waals surface area contributed by atoms with Gasteiger partial charge in [0.2, 0.25) is 0 Å². The molecule has 0 atom stereocenters. The van der Waals surface area contributed by atoms with Crippen LogP contribution >= 0.6 is 11.3 Å². The molecule has 0 radical (unpaired) electrons. The molecule has 1 saturated carbocycles. The molecule has 0 unspecified atom stereocenters. The normalized spacial score (nSPS) is 25.6. The van der Waals surface area contributed by atoms with Gasteiger partial charge < -0.3 is 15.2 Å². The van der Waals surface area contributed by atoms with Crippen LogP contribution in [0.25, 0.3) is 0 Å². The summed E-state index contributed by atoms with van der Waals surface area (Å²) in [7, 11) is 0. The second-order valence-corrected chi connectivity index (χ2v) is 6.74. The summed E-state index contributed by atoms with van der Waals surface area (Å²) in [5.41, 5.74) is 1.06. The Bertz CT molecular complexity index is 501. The average Bonchev–Trinajstić information content (AvgIpc) is 2.72. The molecule has 0 aromatic carbocycles. The van der Waals surface area contributed by atoms with E-state index < -0.39 is 29.1 Å². The lowest BCUT2D eigenvalue weighted by molar-refractivity contribution is -0.148. The molecule has 0 aliphatic heterocycles. The van der Waals surface area contributed by atoms with Crippen LogP contribution in [-0.2, 0) is 15.1 Å². The molecule has 1 heterocycles. The molecule has 7 heteroatoms. The molecular weight excluding hydrogens is 280 g/mol. The van der Waals surface area contributed by atoms with Crippen LogP contribution in [0.5, 0.6) is 0 Å². The number of carbonyl (C=O) groups excluding carboxylic acids is 1. The van der Waals surface area contributed by atoms with Crippen LogP contribution in [-0.4, -0.2) is 27.8 Å². The first-order valence-corrected chi connectivity index (χ1v) is 7.29. The van der Waals surface area contributed by atoms with Crippen molar-refractivity contribution in [2.75, 3.05) is 0 Å². The highest BCUT2D eigenvalue weighted by atomic mass is 32.1. The lowest BCUT2D eigenvalue weighted by atomic mass is 9.66. The number of hydrogen-bond donors (Lipinski definition) is 2. The first kappa shape index (κ1) is 14.8. The van der Waals surface area contributed by atoms with Crippen LogP contribution in [0.15, 0.2) is 10.9 Å². The number of carboxylic acids is 1. The van der Waals surface area contributed by atoms with Crippen molar-refractivity contribution in [3.63, 3.8) is 0 Å². The molecule has 1 aromatic rings. The van der Waals surface area contributed by atoms with Crippen LogP contribution in [0.1, 0.15) is 39.3 Å². The van der Waals surface area contributed by atoms with Gasteiger partial charge in [0, 0.05) is 5.38 Å². The Morgan fingerprint density at radius 1 is 1.50 bits per heavy atom. The fourth-order valence-electron chi connectivity index (χ4n) is 2.28. The molecular formula is C13H18N2O4S. The van der Waals surface area contributed by atoms with E-state index in [4.69, 9.17) is 9.84 Å². The Morgan fingerprint density at radius 3 is 2.60 bits per heavy atom. The third-order valence-electron chi connectivity index (χ3n) is 3.20. The van der Waals surface area contributed by atoms with Crippen molar-refractivity contribution in [3.05, 3.63) is 16.6 Å².